The molecule has 0 radical (unpaired) electrons. The van der Waals surface area contributed by atoms with E-state index >= 15 is 0 Å². The second kappa shape index (κ2) is 16.7. The van der Waals surface area contributed by atoms with Gasteiger partial charge >= 0.3 is 0 Å². The summed E-state index contributed by atoms with van der Waals surface area (Å²) in [5.41, 5.74) is 12.2. The Balaban J connectivity index is 0.00000612. The normalized spacial score (nSPS) is 14.0. The van der Waals surface area contributed by atoms with Gasteiger partial charge in [0.2, 0.25) is 0 Å². The number of rotatable bonds is 6. The van der Waals surface area contributed by atoms with Gasteiger partial charge in [-0.1, -0.05) is 158 Å². The smallest absolute Gasteiger partial charge is 0.135 e. The van der Waals surface area contributed by atoms with E-state index in [0.29, 0.717) is 11.5 Å². The quantitative estimate of drug-likeness (QED) is 0.155. The van der Waals surface area contributed by atoms with Gasteiger partial charge in [-0.15, -0.1) is 53.6 Å². The summed E-state index contributed by atoms with van der Waals surface area (Å²) < 4.78 is 9.13. The fraction of sp³-hybridized carbons (Fsp3) is 0.345. The zero-order valence-corrected chi connectivity index (χ0v) is 42.8. The van der Waals surface area contributed by atoms with Gasteiger partial charge in [-0.05, 0) is 91.4 Å². The Labute approximate surface area is 397 Å². The summed E-state index contributed by atoms with van der Waals surface area (Å²) in [6.45, 7) is 36.3. The van der Waals surface area contributed by atoms with Crippen LogP contribution < -0.4 is 14.5 Å². The summed E-state index contributed by atoms with van der Waals surface area (Å²) in [5.74, 6) is 2.10. The molecule has 3 heterocycles. The Morgan fingerprint density at radius 3 is 1.77 bits per heavy atom. The maximum absolute atomic E-state index is 6.90. The van der Waals surface area contributed by atoms with Crippen LogP contribution in [0.3, 0.4) is 0 Å². The van der Waals surface area contributed by atoms with Crippen LogP contribution in [0.5, 0.6) is 11.5 Å². The van der Waals surface area contributed by atoms with E-state index in [0.717, 1.165) is 50.1 Å². The molecular weight excluding hydrogens is 964 g/mol. The van der Waals surface area contributed by atoms with Crippen LogP contribution >= 0.6 is 0 Å². The molecule has 7 aromatic rings. The number of nitrogens with zero attached hydrogens (tertiary/aromatic N) is 4. The van der Waals surface area contributed by atoms with Gasteiger partial charge in [0.25, 0.3) is 0 Å². The number of ether oxygens (including phenoxy) is 1. The average molecular weight is 1030 g/mol. The molecule has 0 saturated heterocycles. The number of benzene rings is 5. The molecule has 6 heteroatoms. The van der Waals surface area contributed by atoms with Crippen molar-refractivity contribution < 1.29 is 25.8 Å². The van der Waals surface area contributed by atoms with Crippen molar-refractivity contribution in [3.05, 3.63) is 162 Å². The van der Waals surface area contributed by atoms with Crippen molar-refractivity contribution in [2.75, 3.05) is 9.80 Å². The molecule has 0 unspecified atom stereocenters. The molecule has 64 heavy (non-hydrogen) atoms. The molecule has 0 saturated carbocycles. The predicted molar refractivity (Wildman–Crippen MR) is 266 cm³/mol. The predicted octanol–water partition coefficient (Wildman–Crippen LogP) is 15.8. The molecule has 0 spiro atoms. The monoisotopic (exact) mass is 1030 g/mol. The first-order valence-electron chi connectivity index (χ1n) is 22.4. The molecule has 0 atom stereocenters. The second-order valence-corrected chi connectivity index (χ2v) is 22.6. The van der Waals surface area contributed by atoms with Crippen LogP contribution in [0, 0.1) is 24.2 Å². The van der Waals surface area contributed by atoms with Gasteiger partial charge < -0.3 is 19.1 Å². The minimum Gasteiger partial charge on any atom is -0.509 e. The average Bonchev–Trinajstić information content (AvgIpc) is 3.80. The van der Waals surface area contributed by atoms with E-state index in [1.54, 1.807) is 0 Å². The van der Waals surface area contributed by atoms with Gasteiger partial charge in [-0.25, -0.2) is 4.98 Å². The van der Waals surface area contributed by atoms with Crippen LogP contribution in [0.1, 0.15) is 126 Å². The standard InChI is InChI=1S/C58H65N4O.Pt/c1-54(2,3)40-25-26-59-53(33-40)62-50-24-21-39(38-19-17-16-18-20-38)27-49(50)48-23-22-46(35-51(48)62)63-47-32-43(57(10,11)12)31-45(34-47)61-37-60(36-52(61)58(13,14)15)44-29-41(55(4,5)6)28-42(30-44)56(7,8)9;/h16-33,36-37H,1-15H3;/q-3;. The number of pyridine rings is 1. The van der Waals surface area contributed by atoms with Gasteiger partial charge in [-0.2, -0.15) is 6.07 Å². The minimum atomic E-state index is -0.169. The van der Waals surface area contributed by atoms with E-state index in [4.69, 9.17) is 9.72 Å². The molecule has 5 nitrogen and oxygen atoms in total. The summed E-state index contributed by atoms with van der Waals surface area (Å²) in [6, 6.07) is 44.7. The van der Waals surface area contributed by atoms with E-state index in [1.807, 2.05) is 12.3 Å². The third-order valence-electron chi connectivity index (χ3n) is 12.2. The summed E-state index contributed by atoms with van der Waals surface area (Å²) in [6.07, 6.45) is 4.21. The number of anilines is 2. The summed E-state index contributed by atoms with van der Waals surface area (Å²) in [4.78, 5) is 9.53. The van der Waals surface area contributed by atoms with Crippen LogP contribution in [0.25, 0.3) is 38.8 Å². The van der Waals surface area contributed by atoms with Gasteiger partial charge in [0.1, 0.15) is 5.82 Å². The van der Waals surface area contributed by atoms with Crippen molar-refractivity contribution >= 4 is 33.2 Å². The molecule has 0 N–H and O–H groups in total. The molecule has 8 rings (SSSR count). The second-order valence-electron chi connectivity index (χ2n) is 22.6. The number of hydrogen-bond acceptors (Lipinski definition) is 4. The van der Waals surface area contributed by atoms with E-state index in [9.17, 15) is 0 Å². The SMILES string of the molecule is CC(C)(C)C1=CN(c2cc(C(C)(C)C)cc(C(C)(C)C)c2)[CH-]N1c1[c-]c(Oc2[c-]c3c(cc2)c2cc(-c4ccccc4)ccc2n3-c2cc(C(C)(C)C)ccn2)cc(C(C)(C)C)c1.[Pt]. The Hall–Kier alpha value is -5.12. The van der Waals surface area contributed by atoms with E-state index in [2.05, 4.69) is 240 Å². The molecule has 5 aromatic carbocycles. The van der Waals surface area contributed by atoms with Gasteiger partial charge in [0.15, 0.2) is 0 Å². The number of allylic oxidation sites excluding steroid dienone is 1. The van der Waals surface area contributed by atoms with Gasteiger partial charge in [0, 0.05) is 61.1 Å². The van der Waals surface area contributed by atoms with Crippen molar-refractivity contribution in [3.63, 3.8) is 0 Å². The molecule has 0 aliphatic carbocycles. The number of aromatic nitrogens is 2. The van der Waals surface area contributed by atoms with Gasteiger partial charge in [0.05, 0.1) is 0 Å². The summed E-state index contributed by atoms with van der Waals surface area (Å²) >= 11 is 0. The molecule has 1 aliphatic heterocycles. The van der Waals surface area contributed by atoms with Crippen molar-refractivity contribution in [2.45, 2.75) is 126 Å². The number of fused-ring (bicyclic) bond motifs is 3. The molecule has 0 bridgehead atoms. The molecular formula is C58H65N4OPt-3. The first-order valence-corrected chi connectivity index (χ1v) is 22.4. The largest absolute Gasteiger partial charge is 0.509 e. The minimum absolute atomic E-state index is 0. The zero-order chi connectivity index (χ0) is 45.4. The van der Waals surface area contributed by atoms with Crippen LogP contribution in [0.4, 0.5) is 11.4 Å². The molecule has 0 fully saturated rings. The Bertz CT molecular complexity index is 2840. The van der Waals surface area contributed by atoms with Crippen molar-refractivity contribution in [1.29, 1.82) is 0 Å². The van der Waals surface area contributed by atoms with E-state index < -0.39 is 0 Å². The Morgan fingerprint density at radius 2 is 1.16 bits per heavy atom. The fourth-order valence-electron chi connectivity index (χ4n) is 8.23. The molecule has 0 amide bonds. The summed E-state index contributed by atoms with van der Waals surface area (Å²) in [7, 11) is 0. The Kier molecular flexibility index (Phi) is 12.2. The first kappa shape index (κ1) is 46.9. The van der Waals surface area contributed by atoms with Crippen LogP contribution in [0.2, 0.25) is 0 Å². The number of hydrogen-bond donors (Lipinski definition) is 0. The van der Waals surface area contributed by atoms with Gasteiger partial charge in [-0.3, -0.25) is 0 Å². The maximum Gasteiger partial charge on any atom is 0.135 e. The van der Waals surface area contributed by atoms with E-state index in [1.165, 1.54) is 28.0 Å². The van der Waals surface area contributed by atoms with Crippen LogP contribution in [-0.4, -0.2) is 9.55 Å². The molecule has 1 aliphatic rings. The van der Waals surface area contributed by atoms with Crippen molar-refractivity contribution in [2.24, 2.45) is 5.41 Å². The molecule has 336 valence electrons. The third kappa shape index (κ3) is 9.48. The fourth-order valence-corrected chi connectivity index (χ4v) is 8.23. The Morgan fingerprint density at radius 1 is 0.531 bits per heavy atom. The maximum atomic E-state index is 6.90. The van der Waals surface area contributed by atoms with Crippen molar-refractivity contribution in [3.8, 4) is 28.4 Å². The van der Waals surface area contributed by atoms with Crippen LogP contribution in [0.15, 0.2) is 121 Å². The zero-order valence-electron chi connectivity index (χ0n) is 40.6. The topological polar surface area (TPSA) is 33.5 Å². The first-order chi connectivity index (χ1) is 29.3. The summed E-state index contributed by atoms with van der Waals surface area (Å²) in [5, 5.41) is 2.22. The molecule has 2 aromatic heterocycles. The van der Waals surface area contributed by atoms with E-state index in [-0.39, 0.29) is 48.1 Å². The van der Waals surface area contributed by atoms with Crippen molar-refractivity contribution in [1.82, 2.24) is 9.55 Å². The third-order valence-corrected chi connectivity index (χ3v) is 12.2. The van der Waals surface area contributed by atoms with Crippen LogP contribution in [-0.2, 0) is 42.7 Å².